The molecule has 0 unspecified atom stereocenters. The standard InChI is InChI=1S/C20H20FN5O2/c1-24(11-13-8-9-17(28-3)15(21)10-13)12-18-22-23-20-25(2)19(27)14-6-4-5-7-16(14)26(18)20/h4-10H,11-12H2,1-3H3. The summed E-state index contributed by atoms with van der Waals surface area (Å²) in [5, 5.41) is 9.10. The number of hydrogen-bond donors (Lipinski definition) is 0. The van der Waals surface area contributed by atoms with Gasteiger partial charge in [0.05, 0.1) is 24.6 Å². The lowest BCUT2D eigenvalue weighted by Crippen LogP contribution is -2.22. The first-order valence-corrected chi connectivity index (χ1v) is 8.82. The Bertz CT molecular complexity index is 1230. The van der Waals surface area contributed by atoms with Crippen molar-refractivity contribution in [1.82, 2.24) is 24.1 Å². The summed E-state index contributed by atoms with van der Waals surface area (Å²) in [6.07, 6.45) is 0. The zero-order valence-corrected chi connectivity index (χ0v) is 15.9. The zero-order chi connectivity index (χ0) is 19.8. The number of fused-ring (bicyclic) bond motifs is 3. The summed E-state index contributed by atoms with van der Waals surface area (Å²) >= 11 is 0. The summed E-state index contributed by atoms with van der Waals surface area (Å²) in [5.74, 6) is 1.03. The first-order valence-electron chi connectivity index (χ1n) is 8.82. The van der Waals surface area contributed by atoms with Gasteiger partial charge in [-0.2, -0.15) is 0 Å². The Hall–Kier alpha value is -3.26. The highest BCUT2D eigenvalue weighted by Gasteiger charge is 2.16. The van der Waals surface area contributed by atoms with Gasteiger partial charge in [0.1, 0.15) is 0 Å². The van der Waals surface area contributed by atoms with E-state index < -0.39 is 0 Å². The van der Waals surface area contributed by atoms with E-state index in [9.17, 15) is 9.18 Å². The van der Waals surface area contributed by atoms with Crippen LogP contribution in [-0.4, -0.2) is 38.2 Å². The first kappa shape index (κ1) is 18.1. The SMILES string of the molecule is COc1ccc(CN(C)Cc2nnc3n(C)c(=O)c4ccccc4n23)cc1F. The van der Waals surface area contributed by atoms with Gasteiger partial charge in [0.15, 0.2) is 17.4 Å². The summed E-state index contributed by atoms with van der Waals surface area (Å²) in [4.78, 5) is 14.5. The van der Waals surface area contributed by atoms with Gasteiger partial charge < -0.3 is 4.74 Å². The van der Waals surface area contributed by atoms with Crippen LogP contribution in [0.2, 0.25) is 0 Å². The molecule has 4 aromatic rings. The van der Waals surface area contributed by atoms with Crippen LogP contribution in [0.4, 0.5) is 4.39 Å². The van der Waals surface area contributed by atoms with Crippen LogP contribution < -0.4 is 10.3 Å². The molecule has 0 aliphatic rings. The van der Waals surface area contributed by atoms with Gasteiger partial charge in [-0.3, -0.25) is 18.7 Å². The Labute approximate surface area is 160 Å². The van der Waals surface area contributed by atoms with Crippen molar-refractivity contribution < 1.29 is 9.13 Å². The molecular formula is C20H20FN5O2. The summed E-state index contributed by atoms with van der Waals surface area (Å²) in [6, 6.07) is 12.3. The third-order valence-electron chi connectivity index (χ3n) is 4.77. The topological polar surface area (TPSA) is 64.7 Å². The fraction of sp³-hybridized carbons (Fsp3) is 0.250. The maximum absolute atomic E-state index is 13.9. The second-order valence-corrected chi connectivity index (χ2v) is 6.77. The van der Waals surface area contributed by atoms with Crippen LogP contribution in [0.1, 0.15) is 11.4 Å². The number of methoxy groups -OCH3 is 1. The highest BCUT2D eigenvalue weighted by Crippen LogP contribution is 2.19. The molecule has 0 bridgehead atoms. The molecule has 0 aliphatic carbocycles. The van der Waals surface area contributed by atoms with E-state index >= 15 is 0 Å². The molecule has 0 spiro atoms. The minimum atomic E-state index is -0.387. The van der Waals surface area contributed by atoms with Crippen molar-refractivity contribution >= 4 is 16.7 Å². The molecule has 2 aromatic heterocycles. The van der Waals surface area contributed by atoms with E-state index in [4.69, 9.17) is 4.74 Å². The lowest BCUT2D eigenvalue weighted by molar-refractivity contribution is 0.308. The number of rotatable bonds is 5. The van der Waals surface area contributed by atoms with Gasteiger partial charge >= 0.3 is 0 Å². The van der Waals surface area contributed by atoms with Crippen LogP contribution in [0.5, 0.6) is 5.75 Å². The van der Waals surface area contributed by atoms with Crippen molar-refractivity contribution in [2.75, 3.05) is 14.2 Å². The van der Waals surface area contributed by atoms with Gasteiger partial charge in [0.2, 0.25) is 5.78 Å². The molecule has 0 N–H and O–H groups in total. The van der Waals surface area contributed by atoms with Crippen LogP contribution >= 0.6 is 0 Å². The predicted octanol–water partition coefficient (Wildman–Crippen LogP) is 2.36. The summed E-state index contributed by atoms with van der Waals surface area (Å²) in [6.45, 7) is 1.01. The quantitative estimate of drug-likeness (QED) is 0.531. The molecular weight excluding hydrogens is 361 g/mol. The van der Waals surface area contributed by atoms with Crippen molar-refractivity contribution in [2.45, 2.75) is 13.1 Å². The lowest BCUT2D eigenvalue weighted by atomic mass is 10.2. The molecule has 0 amide bonds. The highest BCUT2D eigenvalue weighted by atomic mass is 19.1. The highest BCUT2D eigenvalue weighted by molar-refractivity contribution is 5.80. The third-order valence-corrected chi connectivity index (χ3v) is 4.77. The molecule has 0 atom stereocenters. The van der Waals surface area contributed by atoms with E-state index in [2.05, 4.69) is 10.2 Å². The van der Waals surface area contributed by atoms with Crippen LogP contribution in [0.3, 0.4) is 0 Å². The summed E-state index contributed by atoms with van der Waals surface area (Å²) in [7, 11) is 5.05. The number of aryl methyl sites for hydroxylation is 1. The Balaban J connectivity index is 1.68. The van der Waals surface area contributed by atoms with E-state index in [1.54, 1.807) is 19.2 Å². The minimum Gasteiger partial charge on any atom is -0.494 e. The third kappa shape index (κ3) is 3.01. The number of hydrogen-bond acceptors (Lipinski definition) is 5. The van der Waals surface area contributed by atoms with Gasteiger partial charge in [-0.15, -0.1) is 10.2 Å². The second-order valence-electron chi connectivity index (χ2n) is 6.77. The molecule has 0 saturated carbocycles. The van der Waals surface area contributed by atoms with Gasteiger partial charge in [0, 0.05) is 13.6 Å². The molecule has 144 valence electrons. The fourth-order valence-electron chi connectivity index (χ4n) is 3.41. The molecule has 7 nitrogen and oxygen atoms in total. The molecule has 4 rings (SSSR count). The number of aromatic nitrogens is 4. The smallest absolute Gasteiger partial charge is 0.262 e. The number of halogens is 1. The predicted molar refractivity (Wildman–Crippen MR) is 104 cm³/mol. The Morgan fingerprint density at radius 2 is 1.93 bits per heavy atom. The van der Waals surface area contributed by atoms with Gasteiger partial charge in [-0.25, -0.2) is 4.39 Å². The Kier molecular flexibility index (Phi) is 4.56. The number of para-hydroxylation sites is 1. The second kappa shape index (κ2) is 7.05. The Morgan fingerprint density at radius 1 is 1.14 bits per heavy atom. The summed E-state index contributed by atoms with van der Waals surface area (Å²) < 4.78 is 22.3. The van der Waals surface area contributed by atoms with Gasteiger partial charge in [-0.1, -0.05) is 18.2 Å². The van der Waals surface area contributed by atoms with E-state index in [1.165, 1.54) is 17.7 Å². The molecule has 0 aliphatic heterocycles. The minimum absolute atomic E-state index is 0.107. The van der Waals surface area contributed by atoms with Gasteiger partial charge in [0.25, 0.3) is 5.56 Å². The average molecular weight is 381 g/mol. The van der Waals surface area contributed by atoms with Crippen LogP contribution in [0, 0.1) is 5.82 Å². The zero-order valence-electron chi connectivity index (χ0n) is 15.9. The maximum Gasteiger partial charge on any atom is 0.262 e. The van der Waals surface area contributed by atoms with Crippen molar-refractivity contribution in [3.8, 4) is 5.75 Å². The largest absolute Gasteiger partial charge is 0.494 e. The molecule has 0 fully saturated rings. The van der Waals surface area contributed by atoms with E-state index in [1.807, 2.05) is 40.6 Å². The molecule has 28 heavy (non-hydrogen) atoms. The molecule has 0 saturated heterocycles. The first-order chi connectivity index (χ1) is 13.5. The molecule has 2 aromatic carbocycles. The van der Waals surface area contributed by atoms with Crippen LogP contribution in [0.25, 0.3) is 16.7 Å². The number of ether oxygens (including phenoxy) is 1. The normalized spacial score (nSPS) is 11.6. The van der Waals surface area contributed by atoms with E-state index in [-0.39, 0.29) is 17.1 Å². The van der Waals surface area contributed by atoms with E-state index in [0.29, 0.717) is 30.1 Å². The maximum atomic E-state index is 13.9. The van der Waals surface area contributed by atoms with Crippen LogP contribution in [0.15, 0.2) is 47.3 Å². The van der Waals surface area contributed by atoms with E-state index in [0.717, 1.165) is 11.1 Å². The molecule has 8 heteroatoms. The monoisotopic (exact) mass is 381 g/mol. The van der Waals surface area contributed by atoms with Crippen molar-refractivity contribution in [1.29, 1.82) is 0 Å². The van der Waals surface area contributed by atoms with Gasteiger partial charge in [-0.05, 0) is 36.9 Å². The van der Waals surface area contributed by atoms with Crippen molar-refractivity contribution in [3.05, 3.63) is 70.0 Å². The molecule has 0 radical (unpaired) electrons. The number of benzene rings is 2. The molecule has 2 heterocycles. The average Bonchev–Trinajstić information content (AvgIpc) is 3.10. The lowest BCUT2D eigenvalue weighted by Gasteiger charge is -2.16. The van der Waals surface area contributed by atoms with Crippen molar-refractivity contribution in [3.63, 3.8) is 0 Å². The summed E-state index contributed by atoms with van der Waals surface area (Å²) in [5.41, 5.74) is 1.49. The fourth-order valence-corrected chi connectivity index (χ4v) is 3.41. The van der Waals surface area contributed by atoms with Crippen LogP contribution in [-0.2, 0) is 20.1 Å². The van der Waals surface area contributed by atoms with Crippen molar-refractivity contribution in [2.24, 2.45) is 7.05 Å². The Morgan fingerprint density at radius 3 is 2.68 bits per heavy atom. The number of nitrogens with zero attached hydrogens (tertiary/aromatic N) is 5.